The number of thiophene rings is 1. The number of hydrogen-bond donors (Lipinski definition) is 1. The van der Waals surface area contributed by atoms with Crippen LogP contribution in [0.2, 0.25) is 5.02 Å². The largest absolute Gasteiger partial charge is 0.462 e. The molecule has 2 aromatic rings. The molecule has 1 aromatic carbocycles. The van der Waals surface area contributed by atoms with Crippen LogP contribution in [0.3, 0.4) is 0 Å². The SMILES string of the molecule is CCOC(=O)c1c(NC(=O)c2ccc(Cl)cc2)sc2c1CCN(C(C)C)C2.Cl. The summed E-state index contributed by atoms with van der Waals surface area (Å²) in [6.07, 6.45) is 0.773. The van der Waals surface area contributed by atoms with Gasteiger partial charge in [-0.2, -0.15) is 0 Å². The standard InChI is InChI=1S/C20H23ClN2O3S.ClH/c1-4-26-20(25)17-15-9-10-23(12(2)3)11-16(15)27-19(17)22-18(24)13-5-7-14(21)8-6-13;/h5-8,12H,4,9-11H2,1-3H3,(H,22,24);1H. The molecule has 1 aliphatic heterocycles. The molecule has 1 aliphatic rings. The number of nitrogens with zero attached hydrogens (tertiary/aromatic N) is 1. The molecule has 0 unspecified atom stereocenters. The van der Waals surface area contributed by atoms with E-state index in [2.05, 4.69) is 24.1 Å². The van der Waals surface area contributed by atoms with E-state index < -0.39 is 0 Å². The van der Waals surface area contributed by atoms with Crippen molar-refractivity contribution < 1.29 is 14.3 Å². The van der Waals surface area contributed by atoms with Crippen LogP contribution in [0, 0.1) is 0 Å². The number of hydrogen-bond acceptors (Lipinski definition) is 5. The molecule has 1 aromatic heterocycles. The smallest absolute Gasteiger partial charge is 0.341 e. The Hall–Kier alpha value is -1.60. The predicted octanol–water partition coefficient (Wildman–Crippen LogP) is 5.02. The van der Waals surface area contributed by atoms with E-state index in [9.17, 15) is 9.59 Å². The molecule has 3 rings (SSSR count). The zero-order valence-electron chi connectivity index (χ0n) is 16.1. The van der Waals surface area contributed by atoms with Crippen LogP contribution in [-0.2, 0) is 17.7 Å². The highest BCUT2D eigenvalue weighted by atomic mass is 35.5. The van der Waals surface area contributed by atoms with Crippen LogP contribution in [0.1, 0.15) is 51.9 Å². The van der Waals surface area contributed by atoms with Gasteiger partial charge in [-0.3, -0.25) is 9.69 Å². The van der Waals surface area contributed by atoms with Crippen LogP contribution >= 0.6 is 35.3 Å². The second kappa shape index (κ2) is 9.74. The van der Waals surface area contributed by atoms with Crippen molar-refractivity contribution in [2.24, 2.45) is 0 Å². The second-order valence-corrected chi connectivity index (χ2v) is 8.25. The van der Waals surface area contributed by atoms with E-state index in [0.717, 1.165) is 30.0 Å². The number of carbonyl (C=O) groups is 2. The number of benzene rings is 1. The van der Waals surface area contributed by atoms with E-state index in [0.29, 0.717) is 33.8 Å². The summed E-state index contributed by atoms with van der Waals surface area (Å²) in [4.78, 5) is 28.7. The van der Waals surface area contributed by atoms with E-state index in [1.54, 1.807) is 31.2 Å². The maximum atomic E-state index is 12.6. The first-order chi connectivity index (χ1) is 12.9. The summed E-state index contributed by atoms with van der Waals surface area (Å²) in [7, 11) is 0. The number of ether oxygens (including phenoxy) is 1. The van der Waals surface area contributed by atoms with Gasteiger partial charge in [-0.25, -0.2) is 4.79 Å². The van der Waals surface area contributed by atoms with Crippen molar-refractivity contribution in [3.8, 4) is 0 Å². The topological polar surface area (TPSA) is 58.6 Å². The van der Waals surface area contributed by atoms with Crippen molar-refractivity contribution in [2.45, 2.75) is 39.8 Å². The van der Waals surface area contributed by atoms with Gasteiger partial charge in [-0.15, -0.1) is 23.7 Å². The fraction of sp³-hybridized carbons (Fsp3) is 0.400. The first kappa shape index (κ1) is 22.7. The Morgan fingerprint density at radius 3 is 2.57 bits per heavy atom. The minimum absolute atomic E-state index is 0. The molecule has 0 radical (unpaired) electrons. The van der Waals surface area contributed by atoms with Gasteiger partial charge < -0.3 is 10.1 Å². The molecule has 8 heteroatoms. The summed E-state index contributed by atoms with van der Waals surface area (Å²) < 4.78 is 5.26. The van der Waals surface area contributed by atoms with E-state index in [1.165, 1.54) is 11.3 Å². The minimum Gasteiger partial charge on any atom is -0.462 e. The molecule has 0 bridgehead atoms. The summed E-state index contributed by atoms with van der Waals surface area (Å²) in [6, 6.07) is 7.09. The number of fused-ring (bicyclic) bond motifs is 1. The van der Waals surface area contributed by atoms with Crippen LogP contribution in [0.5, 0.6) is 0 Å². The number of carbonyl (C=O) groups excluding carboxylic acids is 2. The highest BCUT2D eigenvalue weighted by Crippen LogP contribution is 2.38. The van der Waals surface area contributed by atoms with Crippen LogP contribution in [0.25, 0.3) is 0 Å². The van der Waals surface area contributed by atoms with E-state index >= 15 is 0 Å². The molecule has 1 amide bonds. The lowest BCUT2D eigenvalue weighted by molar-refractivity contribution is 0.0526. The molecule has 2 heterocycles. The first-order valence-corrected chi connectivity index (χ1v) is 10.2. The average molecular weight is 443 g/mol. The summed E-state index contributed by atoms with van der Waals surface area (Å²) in [5, 5.41) is 4.03. The monoisotopic (exact) mass is 442 g/mol. The van der Waals surface area contributed by atoms with Gasteiger partial charge in [-0.05, 0) is 57.0 Å². The fourth-order valence-electron chi connectivity index (χ4n) is 3.15. The Kier molecular flexibility index (Phi) is 7.89. The number of nitrogens with one attached hydrogen (secondary N) is 1. The van der Waals surface area contributed by atoms with Crippen molar-refractivity contribution in [2.75, 3.05) is 18.5 Å². The Morgan fingerprint density at radius 1 is 1.29 bits per heavy atom. The van der Waals surface area contributed by atoms with E-state index in [4.69, 9.17) is 16.3 Å². The van der Waals surface area contributed by atoms with Gasteiger partial charge >= 0.3 is 5.97 Å². The van der Waals surface area contributed by atoms with Gasteiger partial charge in [0.25, 0.3) is 5.91 Å². The number of amides is 1. The third-order valence-corrected chi connectivity index (χ3v) is 6.01. The molecule has 0 saturated carbocycles. The molecule has 0 aliphatic carbocycles. The van der Waals surface area contributed by atoms with Gasteiger partial charge in [0.05, 0.1) is 12.2 Å². The minimum atomic E-state index is -0.376. The zero-order chi connectivity index (χ0) is 19.6. The third-order valence-electron chi connectivity index (χ3n) is 4.63. The zero-order valence-corrected chi connectivity index (χ0v) is 18.5. The molecule has 1 N–H and O–H groups in total. The van der Waals surface area contributed by atoms with Crippen LogP contribution in [0.4, 0.5) is 5.00 Å². The second-order valence-electron chi connectivity index (χ2n) is 6.70. The number of anilines is 1. The Labute approximate surface area is 180 Å². The number of halogens is 2. The molecule has 0 saturated heterocycles. The Morgan fingerprint density at radius 2 is 1.96 bits per heavy atom. The maximum absolute atomic E-state index is 12.6. The normalized spacial score (nSPS) is 13.6. The van der Waals surface area contributed by atoms with Crippen LogP contribution in [0.15, 0.2) is 24.3 Å². The molecule has 5 nitrogen and oxygen atoms in total. The lowest BCUT2D eigenvalue weighted by Crippen LogP contribution is -2.35. The average Bonchev–Trinajstić information content (AvgIpc) is 2.99. The highest BCUT2D eigenvalue weighted by Gasteiger charge is 2.30. The van der Waals surface area contributed by atoms with Gasteiger partial charge in [0, 0.05) is 34.6 Å². The van der Waals surface area contributed by atoms with Crippen LogP contribution < -0.4 is 5.32 Å². The van der Waals surface area contributed by atoms with Gasteiger partial charge in [0.2, 0.25) is 0 Å². The Balaban J connectivity index is 0.00000280. The van der Waals surface area contributed by atoms with Gasteiger partial charge in [0.1, 0.15) is 5.00 Å². The molecule has 152 valence electrons. The fourth-order valence-corrected chi connectivity index (χ4v) is 4.53. The maximum Gasteiger partial charge on any atom is 0.341 e. The summed E-state index contributed by atoms with van der Waals surface area (Å²) in [5.41, 5.74) is 1.99. The van der Waals surface area contributed by atoms with Gasteiger partial charge in [-0.1, -0.05) is 11.6 Å². The molecule has 0 atom stereocenters. The van der Waals surface area contributed by atoms with Crippen molar-refractivity contribution >= 4 is 52.2 Å². The molecule has 0 fully saturated rings. The summed E-state index contributed by atoms with van der Waals surface area (Å²) >= 11 is 7.35. The van der Waals surface area contributed by atoms with Crippen molar-refractivity contribution in [1.82, 2.24) is 4.90 Å². The lowest BCUT2D eigenvalue weighted by Gasteiger charge is -2.30. The molecule has 0 spiro atoms. The predicted molar refractivity (Wildman–Crippen MR) is 116 cm³/mol. The number of rotatable bonds is 5. The third kappa shape index (κ3) is 4.87. The van der Waals surface area contributed by atoms with E-state index in [1.807, 2.05) is 0 Å². The number of esters is 1. The van der Waals surface area contributed by atoms with E-state index in [-0.39, 0.29) is 24.3 Å². The molecular formula is C20H24Cl2N2O3S. The summed E-state index contributed by atoms with van der Waals surface area (Å²) in [5.74, 6) is -0.643. The quantitative estimate of drug-likeness (QED) is 0.660. The lowest BCUT2D eigenvalue weighted by atomic mass is 10.0. The van der Waals surface area contributed by atoms with Crippen molar-refractivity contribution in [1.29, 1.82) is 0 Å². The highest BCUT2D eigenvalue weighted by molar-refractivity contribution is 7.17. The Bertz CT molecular complexity index is 850. The molecular weight excluding hydrogens is 419 g/mol. The van der Waals surface area contributed by atoms with Crippen molar-refractivity contribution in [3.63, 3.8) is 0 Å². The van der Waals surface area contributed by atoms with Crippen LogP contribution in [-0.4, -0.2) is 36.0 Å². The molecule has 28 heavy (non-hydrogen) atoms. The summed E-state index contributed by atoms with van der Waals surface area (Å²) in [6.45, 7) is 8.07. The van der Waals surface area contributed by atoms with Crippen molar-refractivity contribution in [3.05, 3.63) is 50.9 Å². The van der Waals surface area contributed by atoms with Gasteiger partial charge in [0.15, 0.2) is 0 Å². The first-order valence-electron chi connectivity index (χ1n) is 9.03.